The first-order valence-corrected chi connectivity index (χ1v) is 8.75. The number of hydrogen-bond donors (Lipinski definition) is 0. The summed E-state index contributed by atoms with van der Waals surface area (Å²) < 4.78 is 32.1. The second-order valence-electron chi connectivity index (χ2n) is 5.09. The molecule has 0 aromatic heterocycles. The third-order valence-corrected chi connectivity index (χ3v) is 5.74. The van der Waals surface area contributed by atoms with Gasteiger partial charge in [-0.25, -0.2) is 8.42 Å². The van der Waals surface area contributed by atoms with Gasteiger partial charge in [-0.2, -0.15) is 0 Å². The molecule has 0 bridgehead atoms. The molecule has 23 heavy (non-hydrogen) atoms. The number of ketones is 1. The molecule has 0 aliphatic carbocycles. The van der Waals surface area contributed by atoms with E-state index >= 15 is 0 Å². The van der Waals surface area contributed by atoms with Crippen molar-refractivity contribution in [2.45, 2.75) is 11.3 Å². The van der Waals surface area contributed by atoms with Gasteiger partial charge in [-0.3, -0.25) is 9.10 Å². The summed E-state index contributed by atoms with van der Waals surface area (Å²) in [7, 11) is -2.29. The molecule has 120 valence electrons. The van der Waals surface area contributed by atoms with Crippen molar-refractivity contribution in [2.75, 3.05) is 18.0 Å². The van der Waals surface area contributed by atoms with E-state index in [0.717, 1.165) is 0 Å². The van der Waals surface area contributed by atoms with Crippen LogP contribution in [0.1, 0.15) is 16.8 Å². The van der Waals surface area contributed by atoms with E-state index in [2.05, 4.69) is 0 Å². The number of Topliss-reactive ketones (excluding diaryl/α,β-unsaturated/α-hetero) is 1. The summed E-state index contributed by atoms with van der Waals surface area (Å²) in [6.07, 6.45) is 0.125. The van der Waals surface area contributed by atoms with Gasteiger partial charge < -0.3 is 4.74 Å². The van der Waals surface area contributed by atoms with E-state index in [4.69, 9.17) is 16.3 Å². The van der Waals surface area contributed by atoms with Crippen LogP contribution in [0.25, 0.3) is 0 Å². The number of ether oxygens (including phenoxy) is 1. The molecule has 2 aromatic carbocycles. The monoisotopic (exact) mass is 351 g/mol. The van der Waals surface area contributed by atoms with E-state index in [1.54, 1.807) is 30.3 Å². The minimum Gasteiger partial charge on any atom is -0.497 e. The van der Waals surface area contributed by atoms with E-state index in [9.17, 15) is 13.2 Å². The van der Waals surface area contributed by atoms with Crippen molar-refractivity contribution in [3.05, 3.63) is 53.1 Å². The van der Waals surface area contributed by atoms with Crippen LogP contribution in [0.5, 0.6) is 5.75 Å². The summed E-state index contributed by atoms with van der Waals surface area (Å²) in [6.45, 7) is 0.104. The summed E-state index contributed by atoms with van der Waals surface area (Å²) in [5.74, 6) is 0.413. The van der Waals surface area contributed by atoms with Crippen molar-refractivity contribution in [1.82, 2.24) is 0 Å². The highest BCUT2D eigenvalue weighted by atomic mass is 35.5. The second kappa shape index (κ2) is 5.86. The van der Waals surface area contributed by atoms with Gasteiger partial charge in [0.05, 0.1) is 17.7 Å². The number of carbonyl (C=O) groups excluding carboxylic acids is 1. The minimum atomic E-state index is -3.79. The lowest BCUT2D eigenvalue weighted by Crippen LogP contribution is -2.37. The Hall–Kier alpha value is -2.05. The molecule has 0 radical (unpaired) electrons. The molecule has 7 heteroatoms. The van der Waals surface area contributed by atoms with Crippen molar-refractivity contribution in [3.8, 4) is 5.75 Å². The molecule has 1 aliphatic rings. The molecule has 0 saturated heterocycles. The molecule has 2 aromatic rings. The molecule has 0 atom stereocenters. The predicted molar refractivity (Wildman–Crippen MR) is 87.9 cm³/mol. The van der Waals surface area contributed by atoms with Gasteiger partial charge in [0.1, 0.15) is 5.75 Å². The Morgan fingerprint density at radius 1 is 1.17 bits per heavy atom. The number of anilines is 1. The van der Waals surface area contributed by atoms with E-state index in [1.807, 2.05) is 0 Å². The first-order valence-electron chi connectivity index (χ1n) is 6.93. The van der Waals surface area contributed by atoms with Crippen LogP contribution < -0.4 is 9.04 Å². The first-order chi connectivity index (χ1) is 10.9. The maximum atomic E-state index is 12.9. The Bertz CT molecular complexity index is 879. The summed E-state index contributed by atoms with van der Waals surface area (Å²) >= 11 is 5.90. The van der Waals surface area contributed by atoms with Crippen molar-refractivity contribution >= 4 is 33.1 Å². The van der Waals surface area contributed by atoms with E-state index in [-0.39, 0.29) is 23.6 Å². The maximum absolute atomic E-state index is 12.9. The smallest absolute Gasteiger partial charge is 0.264 e. The third kappa shape index (κ3) is 2.80. The number of benzene rings is 2. The lowest BCUT2D eigenvalue weighted by Gasteiger charge is -2.30. The highest BCUT2D eigenvalue weighted by molar-refractivity contribution is 7.92. The number of nitrogens with zero attached hydrogens (tertiary/aromatic N) is 1. The number of sulfonamides is 1. The summed E-state index contributed by atoms with van der Waals surface area (Å²) in [6, 6.07) is 10.9. The zero-order valence-corrected chi connectivity index (χ0v) is 13.9. The molecule has 0 spiro atoms. The Morgan fingerprint density at radius 2 is 1.96 bits per heavy atom. The minimum absolute atomic E-state index is 0.0983. The quantitative estimate of drug-likeness (QED) is 0.852. The van der Waals surface area contributed by atoms with Crippen molar-refractivity contribution < 1.29 is 17.9 Å². The van der Waals surface area contributed by atoms with Crippen LogP contribution in [0.4, 0.5) is 5.69 Å². The Balaban J connectivity index is 2.12. The van der Waals surface area contributed by atoms with Crippen LogP contribution in [0.2, 0.25) is 5.02 Å². The van der Waals surface area contributed by atoms with Gasteiger partial charge in [0.2, 0.25) is 0 Å². The SMILES string of the molecule is COc1ccc2c(c1)C(=O)CCN2S(=O)(=O)c1cccc(Cl)c1. The van der Waals surface area contributed by atoms with E-state index in [0.29, 0.717) is 22.0 Å². The zero-order valence-electron chi connectivity index (χ0n) is 12.3. The Morgan fingerprint density at radius 3 is 2.65 bits per heavy atom. The zero-order chi connectivity index (χ0) is 16.6. The van der Waals surface area contributed by atoms with Crippen LogP contribution in [-0.4, -0.2) is 27.9 Å². The van der Waals surface area contributed by atoms with Crippen LogP contribution >= 0.6 is 11.6 Å². The third-order valence-electron chi connectivity index (χ3n) is 3.70. The number of fused-ring (bicyclic) bond motifs is 1. The van der Waals surface area contributed by atoms with Gasteiger partial charge in [0.25, 0.3) is 10.0 Å². The fourth-order valence-corrected chi connectivity index (χ4v) is 4.33. The molecule has 1 heterocycles. The van der Waals surface area contributed by atoms with Gasteiger partial charge in [-0.1, -0.05) is 17.7 Å². The molecular formula is C16H14ClNO4S. The Labute approximate surface area is 139 Å². The first kappa shape index (κ1) is 15.8. The normalized spacial score (nSPS) is 14.5. The average molecular weight is 352 g/mol. The largest absolute Gasteiger partial charge is 0.497 e. The van der Waals surface area contributed by atoms with Crippen LogP contribution in [0, 0.1) is 0 Å². The molecule has 0 unspecified atom stereocenters. The van der Waals surface area contributed by atoms with Gasteiger partial charge in [-0.15, -0.1) is 0 Å². The number of carbonyl (C=O) groups is 1. The van der Waals surface area contributed by atoms with Gasteiger partial charge in [0.15, 0.2) is 5.78 Å². The van der Waals surface area contributed by atoms with Crippen LogP contribution in [-0.2, 0) is 10.0 Å². The predicted octanol–water partition coefficient (Wildman–Crippen LogP) is 3.13. The lowest BCUT2D eigenvalue weighted by atomic mass is 10.0. The molecular weight excluding hydrogens is 338 g/mol. The molecule has 3 rings (SSSR count). The van der Waals surface area contributed by atoms with E-state index in [1.165, 1.54) is 23.5 Å². The molecule has 0 fully saturated rings. The maximum Gasteiger partial charge on any atom is 0.264 e. The summed E-state index contributed by atoms with van der Waals surface area (Å²) in [5.41, 5.74) is 0.711. The number of halogens is 1. The molecule has 1 aliphatic heterocycles. The van der Waals surface area contributed by atoms with Crippen molar-refractivity contribution in [1.29, 1.82) is 0 Å². The fraction of sp³-hybridized carbons (Fsp3) is 0.188. The number of hydrogen-bond acceptors (Lipinski definition) is 4. The highest BCUT2D eigenvalue weighted by Gasteiger charge is 2.32. The second-order valence-corrected chi connectivity index (χ2v) is 7.39. The Kier molecular flexibility index (Phi) is 4.04. The molecule has 5 nitrogen and oxygen atoms in total. The number of methoxy groups -OCH3 is 1. The molecule has 0 amide bonds. The van der Waals surface area contributed by atoms with Gasteiger partial charge in [0, 0.05) is 23.6 Å². The van der Waals surface area contributed by atoms with Crippen LogP contribution in [0.3, 0.4) is 0 Å². The molecule has 0 saturated carbocycles. The number of rotatable bonds is 3. The topological polar surface area (TPSA) is 63.7 Å². The van der Waals surface area contributed by atoms with Crippen molar-refractivity contribution in [2.24, 2.45) is 0 Å². The lowest BCUT2D eigenvalue weighted by molar-refractivity contribution is 0.0981. The fourth-order valence-electron chi connectivity index (χ4n) is 2.55. The summed E-state index contributed by atoms with van der Waals surface area (Å²) in [5, 5.41) is 0.342. The van der Waals surface area contributed by atoms with E-state index < -0.39 is 10.0 Å². The standard InChI is InChI=1S/C16H14ClNO4S/c1-22-12-5-6-15-14(10-12)16(19)7-8-18(15)23(20,21)13-4-2-3-11(17)9-13/h2-6,9-10H,7-8H2,1H3. The van der Waals surface area contributed by atoms with Crippen molar-refractivity contribution in [3.63, 3.8) is 0 Å². The van der Waals surface area contributed by atoms with Gasteiger partial charge >= 0.3 is 0 Å². The highest BCUT2D eigenvalue weighted by Crippen LogP contribution is 2.34. The average Bonchev–Trinajstić information content (AvgIpc) is 2.54. The van der Waals surface area contributed by atoms with Gasteiger partial charge in [-0.05, 0) is 36.4 Å². The van der Waals surface area contributed by atoms with Crippen LogP contribution in [0.15, 0.2) is 47.4 Å². The summed E-state index contributed by atoms with van der Waals surface area (Å²) in [4.78, 5) is 12.2. The molecule has 0 N–H and O–H groups in total.